The minimum atomic E-state index is 0.185. The average molecular weight is 327 g/mol. The number of hydrogen-bond donors (Lipinski definition) is 2. The second-order valence-corrected chi connectivity index (χ2v) is 5.40. The van der Waals surface area contributed by atoms with Crippen LogP contribution >= 0.6 is 23.2 Å². The third-order valence-electron chi connectivity index (χ3n) is 2.57. The van der Waals surface area contributed by atoms with Gasteiger partial charge >= 0.3 is 0 Å². The lowest BCUT2D eigenvalue weighted by atomic mass is 10.2. The molecule has 2 heterocycles. The summed E-state index contributed by atoms with van der Waals surface area (Å²) in [5.74, 6) is 0.721. The third kappa shape index (κ3) is 2.35. The Bertz CT molecular complexity index is 765. The molecule has 1 aliphatic heterocycles. The number of nitrogens with one attached hydrogen (secondary N) is 1. The zero-order chi connectivity index (χ0) is 14.3. The van der Waals surface area contributed by atoms with Gasteiger partial charge < -0.3 is 11.1 Å². The lowest BCUT2D eigenvalue weighted by Gasteiger charge is -2.12. The van der Waals surface area contributed by atoms with E-state index in [1.165, 1.54) is 0 Å². The number of nitrogens with two attached hydrogens (primary N) is 1. The van der Waals surface area contributed by atoms with Gasteiger partial charge in [0.15, 0.2) is 0 Å². The minimum Gasteiger partial charge on any atom is -0.368 e. The fraction of sp³-hybridized carbons (Fsp3) is 0.0909. The number of aryl methyl sites for hydroxylation is 1. The van der Waals surface area contributed by atoms with Crippen molar-refractivity contribution >= 4 is 63.4 Å². The van der Waals surface area contributed by atoms with Crippen LogP contribution in [0.5, 0.6) is 0 Å². The van der Waals surface area contributed by atoms with Gasteiger partial charge in [0.1, 0.15) is 17.2 Å². The summed E-state index contributed by atoms with van der Waals surface area (Å²) in [6, 6.07) is 3.37. The van der Waals surface area contributed by atoms with Crippen molar-refractivity contribution < 1.29 is 0 Å². The topological polar surface area (TPSA) is 88.5 Å². The van der Waals surface area contributed by atoms with Crippen molar-refractivity contribution in [1.29, 1.82) is 0 Å². The average Bonchev–Trinajstić information content (AvgIpc) is 2.82. The minimum absolute atomic E-state index is 0.185. The maximum absolute atomic E-state index is 6.21. The first-order valence-electron chi connectivity index (χ1n) is 5.53. The van der Waals surface area contributed by atoms with Crippen LogP contribution in [0.4, 0.5) is 28.8 Å². The Kier molecular flexibility index (Phi) is 3.33. The van der Waals surface area contributed by atoms with E-state index in [0.717, 1.165) is 17.0 Å². The van der Waals surface area contributed by atoms with Crippen molar-refractivity contribution in [3.05, 3.63) is 27.9 Å². The second kappa shape index (κ2) is 5.01. The van der Waals surface area contributed by atoms with Crippen molar-refractivity contribution in [1.82, 2.24) is 9.97 Å². The van der Waals surface area contributed by atoms with Gasteiger partial charge in [-0.05, 0) is 13.0 Å². The highest BCUT2D eigenvalue weighted by atomic mass is 35.5. The molecule has 9 heteroatoms. The van der Waals surface area contributed by atoms with Gasteiger partial charge in [-0.3, -0.25) is 0 Å². The van der Waals surface area contributed by atoms with Crippen LogP contribution in [0.3, 0.4) is 0 Å². The summed E-state index contributed by atoms with van der Waals surface area (Å²) in [6.07, 6.45) is 0. The molecule has 0 amide bonds. The SMILES string of the molecule is Cc1cc(Nc2c(Cl)cc(Cl)c3c2N=S=N3)nc(N)n1. The standard InChI is InChI=1S/C11H8Cl2N6S/c1-4-2-7(17-11(14)15-4)16-8-5(12)3-6(13)9-10(8)19-20-18-9/h2-3H,1H3,(H3,14,15,16,17). The van der Waals surface area contributed by atoms with Gasteiger partial charge in [0.2, 0.25) is 5.95 Å². The largest absolute Gasteiger partial charge is 0.368 e. The Hall–Kier alpha value is -1.70. The van der Waals surface area contributed by atoms with E-state index in [1.807, 2.05) is 6.92 Å². The van der Waals surface area contributed by atoms with E-state index in [1.54, 1.807) is 12.1 Å². The molecule has 0 unspecified atom stereocenters. The molecule has 0 saturated carbocycles. The zero-order valence-electron chi connectivity index (χ0n) is 10.2. The molecule has 0 bridgehead atoms. The zero-order valence-corrected chi connectivity index (χ0v) is 12.5. The smallest absolute Gasteiger partial charge is 0.222 e. The van der Waals surface area contributed by atoms with Crippen LogP contribution in [-0.2, 0) is 11.4 Å². The van der Waals surface area contributed by atoms with Gasteiger partial charge in [0, 0.05) is 11.8 Å². The van der Waals surface area contributed by atoms with Gasteiger partial charge in [0.25, 0.3) is 0 Å². The van der Waals surface area contributed by atoms with E-state index in [4.69, 9.17) is 28.9 Å². The van der Waals surface area contributed by atoms with E-state index in [-0.39, 0.29) is 5.95 Å². The fourth-order valence-corrected chi connectivity index (χ4v) is 2.94. The van der Waals surface area contributed by atoms with Crippen LogP contribution in [0.25, 0.3) is 0 Å². The first kappa shape index (κ1) is 13.3. The molecule has 3 N–H and O–H groups in total. The molecule has 0 saturated heterocycles. The van der Waals surface area contributed by atoms with E-state index in [9.17, 15) is 0 Å². The molecule has 20 heavy (non-hydrogen) atoms. The van der Waals surface area contributed by atoms with E-state index in [2.05, 4.69) is 24.0 Å². The summed E-state index contributed by atoms with van der Waals surface area (Å²) in [5, 5.41) is 3.99. The van der Waals surface area contributed by atoms with E-state index in [0.29, 0.717) is 32.9 Å². The maximum Gasteiger partial charge on any atom is 0.222 e. The number of benzene rings is 1. The Morgan fingerprint density at radius 2 is 1.85 bits per heavy atom. The van der Waals surface area contributed by atoms with Gasteiger partial charge in [0.05, 0.1) is 27.1 Å². The molecule has 0 aliphatic carbocycles. The molecule has 1 aromatic heterocycles. The monoisotopic (exact) mass is 326 g/mol. The van der Waals surface area contributed by atoms with Crippen LogP contribution in [0, 0.1) is 6.92 Å². The number of aromatic nitrogens is 2. The lowest BCUT2D eigenvalue weighted by Crippen LogP contribution is -2.01. The van der Waals surface area contributed by atoms with Crippen LogP contribution in [0.15, 0.2) is 20.9 Å². The van der Waals surface area contributed by atoms with Gasteiger partial charge in [-0.25, -0.2) is 4.98 Å². The van der Waals surface area contributed by atoms with Gasteiger partial charge in [-0.1, -0.05) is 23.2 Å². The van der Waals surface area contributed by atoms with Crippen molar-refractivity contribution in [3.63, 3.8) is 0 Å². The van der Waals surface area contributed by atoms with Gasteiger partial charge in [-0.15, -0.1) is 0 Å². The Morgan fingerprint density at radius 1 is 1.10 bits per heavy atom. The fourth-order valence-electron chi connectivity index (χ4n) is 1.78. The highest BCUT2D eigenvalue weighted by Crippen LogP contribution is 2.48. The summed E-state index contributed by atoms with van der Waals surface area (Å²) in [4.78, 5) is 8.11. The number of rotatable bonds is 2. The summed E-state index contributed by atoms with van der Waals surface area (Å²) in [6.45, 7) is 1.83. The molecule has 2 aromatic rings. The van der Waals surface area contributed by atoms with Crippen LogP contribution in [0.1, 0.15) is 5.69 Å². The number of nitrogen functional groups attached to an aromatic ring is 1. The third-order valence-corrected chi connectivity index (χ3v) is 3.68. The molecule has 0 fully saturated rings. The summed E-state index contributed by atoms with van der Waals surface area (Å²) in [5.41, 5.74) is 8.17. The van der Waals surface area contributed by atoms with E-state index >= 15 is 0 Å². The Balaban J connectivity index is 2.08. The summed E-state index contributed by atoms with van der Waals surface area (Å²) >= 11 is 13.4. The van der Waals surface area contributed by atoms with E-state index < -0.39 is 0 Å². The normalized spacial score (nSPS) is 12.2. The highest BCUT2D eigenvalue weighted by molar-refractivity contribution is 7.58. The Morgan fingerprint density at radius 3 is 2.60 bits per heavy atom. The number of halogens is 2. The molecule has 1 aliphatic rings. The maximum atomic E-state index is 6.21. The van der Waals surface area contributed by atoms with Crippen molar-refractivity contribution in [2.24, 2.45) is 8.73 Å². The number of nitrogens with zero attached hydrogens (tertiary/aromatic N) is 4. The van der Waals surface area contributed by atoms with Crippen LogP contribution in [0.2, 0.25) is 10.0 Å². The molecule has 0 radical (unpaired) electrons. The Labute approximate surface area is 128 Å². The number of anilines is 3. The second-order valence-electron chi connectivity index (χ2n) is 4.05. The van der Waals surface area contributed by atoms with Crippen molar-refractivity contribution in [3.8, 4) is 0 Å². The van der Waals surface area contributed by atoms with Gasteiger partial charge in [-0.2, -0.15) is 13.7 Å². The number of hydrogen-bond acceptors (Lipinski definition) is 6. The van der Waals surface area contributed by atoms with Crippen LogP contribution < -0.4 is 11.1 Å². The molecule has 3 rings (SSSR count). The highest BCUT2D eigenvalue weighted by Gasteiger charge is 2.19. The molecule has 0 atom stereocenters. The lowest BCUT2D eigenvalue weighted by molar-refractivity contribution is 1.12. The predicted octanol–water partition coefficient (Wildman–Crippen LogP) is 4.14. The first-order chi connectivity index (χ1) is 9.54. The number of fused-ring (bicyclic) bond motifs is 1. The first-order valence-corrected chi connectivity index (χ1v) is 7.01. The summed E-state index contributed by atoms with van der Waals surface area (Å²) in [7, 11) is 0. The summed E-state index contributed by atoms with van der Waals surface area (Å²) < 4.78 is 8.35. The van der Waals surface area contributed by atoms with Crippen molar-refractivity contribution in [2.75, 3.05) is 11.1 Å². The molecule has 102 valence electrons. The molecule has 1 aromatic carbocycles. The quantitative estimate of drug-likeness (QED) is 0.740. The predicted molar refractivity (Wildman–Crippen MR) is 82.5 cm³/mol. The molecular weight excluding hydrogens is 319 g/mol. The molecule has 0 spiro atoms. The molecular formula is C11H8Cl2N6S. The van der Waals surface area contributed by atoms with Crippen LogP contribution in [-0.4, -0.2) is 9.97 Å². The van der Waals surface area contributed by atoms with Crippen molar-refractivity contribution in [2.45, 2.75) is 6.92 Å². The molecule has 6 nitrogen and oxygen atoms in total.